The lowest BCUT2D eigenvalue weighted by Gasteiger charge is -2.06. The second kappa shape index (κ2) is 6.39. The van der Waals surface area contributed by atoms with Crippen LogP contribution in [0.2, 0.25) is 10.0 Å². The summed E-state index contributed by atoms with van der Waals surface area (Å²) in [5.41, 5.74) is 0.684. The molecule has 1 aromatic carbocycles. The van der Waals surface area contributed by atoms with Crippen LogP contribution in [0.25, 0.3) is 10.2 Å². The molecule has 0 N–H and O–H groups in total. The molecule has 9 heteroatoms. The van der Waals surface area contributed by atoms with Crippen LogP contribution in [0.5, 0.6) is 0 Å². The molecule has 2 aromatic heterocycles. The number of halogens is 3. The molecule has 0 atom stereocenters. The molecule has 3 aromatic rings. The van der Waals surface area contributed by atoms with E-state index in [9.17, 15) is 9.59 Å². The van der Waals surface area contributed by atoms with Gasteiger partial charge in [0.05, 0.1) is 32.9 Å². The number of carbonyl (C=O) groups excluding carboxylic acids is 2. The first-order valence-electron chi connectivity index (χ1n) is 6.19. The molecule has 118 valence electrons. The van der Waals surface area contributed by atoms with E-state index < -0.39 is 11.9 Å². The van der Waals surface area contributed by atoms with Gasteiger partial charge in [0.25, 0.3) is 5.91 Å². The fourth-order valence-corrected chi connectivity index (χ4v) is 4.35. The van der Waals surface area contributed by atoms with Crippen LogP contribution < -0.4 is 0 Å². The molecule has 23 heavy (non-hydrogen) atoms. The number of thiophene rings is 1. The van der Waals surface area contributed by atoms with E-state index in [-0.39, 0.29) is 15.6 Å². The van der Waals surface area contributed by atoms with Crippen molar-refractivity contribution in [3.63, 3.8) is 0 Å². The lowest BCUT2D eigenvalue weighted by atomic mass is 10.2. The minimum Gasteiger partial charge on any atom is -0.465 e. The highest BCUT2D eigenvalue weighted by atomic mass is 127. The number of aromatic nitrogens is 2. The predicted octanol–water partition coefficient (Wildman–Crippen LogP) is 4.48. The van der Waals surface area contributed by atoms with Gasteiger partial charge < -0.3 is 4.74 Å². The van der Waals surface area contributed by atoms with Gasteiger partial charge in [-0.3, -0.25) is 4.79 Å². The quantitative estimate of drug-likeness (QED) is 0.400. The Balaban J connectivity index is 2.18. The summed E-state index contributed by atoms with van der Waals surface area (Å²) in [6.07, 6.45) is 0. The van der Waals surface area contributed by atoms with Crippen molar-refractivity contribution < 1.29 is 14.3 Å². The lowest BCUT2D eigenvalue weighted by molar-refractivity contribution is 0.0606. The summed E-state index contributed by atoms with van der Waals surface area (Å²) in [4.78, 5) is 24.9. The smallest absolute Gasteiger partial charge is 0.348 e. The monoisotopic (exact) mass is 480 g/mol. The van der Waals surface area contributed by atoms with Crippen LogP contribution in [0.15, 0.2) is 24.3 Å². The number of benzene rings is 1. The highest BCUT2D eigenvalue weighted by molar-refractivity contribution is 14.1. The molecule has 3 rings (SSSR count). The molecule has 0 aliphatic carbocycles. The van der Waals surface area contributed by atoms with Gasteiger partial charge in [0, 0.05) is 0 Å². The molecule has 0 aliphatic rings. The highest BCUT2D eigenvalue weighted by Gasteiger charge is 2.24. The van der Waals surface area contributed by atoms with Gasteiger partial charge in [-0.1, -0.05) is 29.3 Å². The summed E-state index contributed by atoms with van der Waals surface area (Å²) in [5.74, 6) is -0.917. The molecule has 0 amide bonds. The maximum absolute atomic E-state index is 12.8. The fourth-order valence-electron chi connectivity index (χ4n) is 2.04. The second-order valence-corrected chi connectivity index (χ2v) is 7.31. The van der Waals surface area contributed by atoms with E-state index in [4.69, 9.17) is 27.9 Å². The van der Waals surface area contributed by atoms with Crippen molar-refractivity contribution in [3.8, 4) is 0 Å². The third-order valence-corrected chi connectivity index (χ3v) is 5.93. The van der Waals surface area contributed by atoms with Gasteiger partial charge in [-0.05, 0) is 40.8 Å². The first-order chi connectivity index (χ1) is 10.9. The molecular weight excluding hydrogens is 474 g/mol. The molecule has 0 radical (unpaired) electrons. The van der Waals surface area contributed by atoms with Gasteiger partial charge in [0.15, 0.2) is 0 Å². The molecule has 0 unspecified atom stereocenters. The SMILES string of the molecule is COC(=O)c1cc2c(s1)c(I)nn2C(=O)c1c(Cl)cccc1Cl. The van der Waals surface area contributed by atoms with Crippen LogP contribution in [0.4, 0.5) is 0 Å². The maximum atomic E-state index is 12.8. The van der Waals surface area contributed by atoms with Gasteiger partial charge in [0.1, 0.15) is 8.58 Å². The first kappa shape index (κ1) is 16.7. The zero-order chi connectivity index (χ0) is 16.7. The van der Waals surface area contributed by atoms with Crippen LogP contribution in [0.3, 0.4) is 0 Å². The molecule has 0 fully saturated rings. The zero-order valence-corrected chi connectivity index (χ0v) is 16.0. The maximum Gasteiger partial charge on any atom is 0.348 e. The Kier molecular flexibility index (Phi) is 4.63. The Morgan fingerprint density at radius 2 is 1.96 bits per heavy atom. The fraction of sp³-hybridized carbons (Fsp3) is 0.0714. The Bertz CT molecular complexity index is 931. The van der Waals surface area contributed by atoms with Crippen molar-refractivity contribution in [1.29, 1.82) is 0 Å². The van der Waals surface area contributed by atoms with Crippen LogP contribution >= 0.6 is 57.1 Å². The zero-order valence-electron chi connectivity index (χ0n) is 11.5. The molecule has 0 aliphatic heterocycles. The Labute approximate surface area is 158 Å². The Morgan fingerprint density at radius 1 is 1.30 bits per heavy atom. The van der Waals surface area contributed by atoms with Crippen molar-refractivity contribution in [2.75, 3.05) is 7.11 Å². The van der Waals surface area contributed by atoms with Gasteiger partial charge in [-0.15, -0.1) is 11.3 Å². The molecule has 0 spiro atoms. The average Bonchev–Trinajstić information content (AvgIpc) is 3.07. The lowest BCUT2D eigenvalue weighted by Crippen LogP contribution is -2.14. The number of hydrogen-bond donors (Lipinski definition) is 0. The summed E-state index contributed by atoms with van der Waals surface area (Å²) in [6, 6.07) is 6.40. The van der Waals surface area contributed by atoms with Crippen molar-refractivity contribution in [2.24, 2.45) is 0 Å². The van der Waals surface area contributed by atoms with Crippen LogP contribution in [-0.2, 0) is 4.74 Å². The minimum atomic E-state index is -0.461. The summed E-state index contributed by atoms with van der Waals surface area (Å²) >= 11 is 15.4. The number of nitrogens with zero attached hydrogens (tertiary/aromatic N) is 2. The van der Waals surface area contributed by atoms with Crippen molar-refractivity contribution in [3.05, 3.63) is 48.5 Å². The number of ether oxygens (including phenoxy) is 1. The summed E-state index contributed by atoms with van der Waals surface area (Å²) in [5, 5.41) is 4.71. The number of esters is 1. The molecule has 0 saturated heterocycles. The van der Waals surface area contributed by atoms with Crippen molar-refractivity contribution >= 4 is 79.2 Å². The highest BCUT2D eigenvalue weighted by Crippen LogP contribution is 2.32. The van der Waals surface area contributed by atoms with E-state index in [0.29, 0.717) is 14.1 Å². The molecular formula is C14H7Cl2IN2O3S. The van der Waals surface area contributed by atoms with Crippen LogP contribution in [-0.4, -0.2) is 28.8 Å². The van der Waals surface area contributed by atoms with E-state index in [1.807, 2.05) is 22.6 Å². The number of rotatable bonds is 2. The van der Waals surface area contributed by atoms with E-state index in [2.05, 4.69) is 5.10 Å². The standard InChI is InChI=1S/C14H7Cl2IN2O3S/c1-22-14(21)9-5-8-11(23-9)12(17)18-19(8)13(20)10-6(15)3-2-4-7(10)16/h2-5H,1H3. The molecule has 5 nitrogen and oxygen atoms in total. The van der Waals surface area contributed by atoms with Gasteiger partial charge in [0.2, 0.25) is 0 Å². The topological polar surface area (TPSA) is 61.2 Å². The summed E-state index contributed by atoms with van der Waals surface area (Å²) in [6.45, 7) is 0. The van der Waals surface area contributed by atoms with Crippen molar-refractivity contribution in [1.82, 2.24) is 9.78 Å². The third kappa shape index (κ3) is 2.86. The second-order valence-electron chi connectivity index (χ2n) is 4.42. The normalized spacial score (nSPS) is 11.0. The van der Waals surface area contributed by atoms with E-state index in [1.54, 1.807) is 24.3 Å². The minimum absolute atomic E-state index is 0.169. The van der Waals surface area contributed by atoms with E-state index >= 15 is 0 Å². The summed E-state index contributed by atoms with van der Waals surface area (Å²) in [7, 11) is 1.30. The third-order valence-electron chi connectivity index (χ3n) is 3.07. The largest absolute Gasteiger partial charge is 0.465 e. The molecule has 2 heterocycles. The van der Waals surface area contributed by atoms with Crippen LogP contribution in [0, 0.1) is 3.70 Å². The Morgan fingerprint density at radius 3 is 2.57 bits per heavy atom. The number of methoxy groups -OCH3 is 1. The summed E-state index contributed by atoms with van der Waals surface area (Å²) < 4.78 is 7.24. The van der Waals surface area contributed by atoms with Crippen molar-refractivity contribution in [2.45, 2.75) is 0 Å². The van der Waals surface area contributed by atoms with E-state index in [1.165, 1.54) is 23.1 Å². The number of carbonyl (C=O) groups is 2. The van der Waals surface area contributed by atoms with Gasteiger partial charge in [-0.25, -0.2) is 4.79 Å². The van der Waals surface area contributed by atoms with Gasteiger partial charge in [-0.2, -0.15) is 9.78 Å². The first-order valence-corrected chi connectivity index (χ1v) is 8.84. The number of hydrogen-bond acceptors (Lipinski definition) is 5. The Hall–Kier alpha value is -1.16. The predicted molar refractivity (Wildman–Crippen MR) is 97.9 cm³/mol. The average molecular weight is 481 g/mol. The molecule has 0 bridgehead atoms. The number of fused-ring (bicyclic) bond motifs is 1. The van der Waals surface area contributed by atoms with E-state index in [0.717, 1.165) is 4.70 Å². The van der Waals surface area contributed by atoms with Crippen LogP contribution in [0.1, 0.15) is 20.0 Å². The van der Waals surface area contributed by atoms with Gasteiger partial charge >= 0.3 is 5.97 Å². The molecule has 0 saturated carbocycles.